The zero-order valence-electron chi connectivity index (χ0n) is 12.5. The van der Waals surface area contributed by atoms with Crippen LogP contribution in [0.5, 0.6) is 11.5 Å². The average Bonchev–Trinajstić information content (AvgIpc) is 2.54. The van der Waals surface area contributed by atoms with E-state index in [0.29, 0.717) is 12.2 Å². The van der Waals surface area contributed by atoms with Gasteiger partial charge < -0.3 is 9.84 Å². The fourth-order valence-electron chi connectivity index (χ4n) is 1.81. The predicted molar refractivity (Wildman–Crippen MR) is 111 cm³/mol. The maximum Gasteiger partial charge on any atom is 0.271 e. The summed E-state index contributed by atoms with van der Waals surface area (Å²) in [4.78, 5) is 11.9. The Labute approximate surface area is 167 Å². The monoisotopic (exact) mass is 548 g/mol. The largest absolute Gasteiger partial charge is 0.508 e. The van der Waals surface area contributed by atoms with E-state index in [1.807, 2.05) is 12.1 Å². The molecule has 124 valence electrons. The van der Waals surface area contributed by atoms with Gasteiger partial charge in [0.05, 0.1) is 13.4 Å². The molecule has 2 N–H and O–H groups in total. The Bertz CT molecular complexity index is 768. The van der Waals surface area contributed by atoms with E-state index in [9.17, 15) is 9.90 Å². The van der Waals surface area contributed by atoms with Crippen LogP contribution in [-0.2, 0) is 0 Å². The summed E-state index contributed by atoms with van der Waals surface area (Å²) in [6.07, 6.45) is 3.25. The van der Waals surface area contributed by atoms with Gasteiger partial charge in [0.15, 0.2) is 0 Å². The van der Waals surface area contributed by atoms with Crippen LogP contribution >= 0.6 is 45.2 Å². The molecule has 0 spiro atoms. The Kier molecular flexibility index (Phi) is 7.03. The van der Waals surface area contributed by atoms with Crippen molar-refractivity contribution in [2.45, 2.75) is 0 Å². The van der Waals surface area contributed by atoms with Crippen LogP contribution in [0.4, 0.5) is 0 Å². The number of rotatable bonds is 6. The maximum absolute atomic E-state index is 11.9. The van der Waals surface area contributed by atoms with Gasteiger partial charge in [0.2, 0.25) is 0 Å². The first-order valence-electron chi connectivity index (χ1n) is 6.86. The Morgan fingerprint density at radius 1 is 1.29 bits per heavy atom. The number of hydrogen-bond acceptors (Lipinski definition) is 4. The number of amides is 1. The molecule has 0 fully saturated rings. The number of hydrazone groups is 1. The third-order valence-electron chi connectivity index (χ3n) is 2.85. The Morgan fingerprint density at radius 2 is 2.00 bits per heavy atom. The summed E-state index contributed by atoms with van der Waals surface area (Å²) in [6, 6.07) is 9.89. The van der Waals surface area contributed by atoms with Crippen molar-refractivity contribution >= 4 is 57.3 Å². The Hall–Kier alpha value is -1.62. The smallest absolute Gasteiger partial charge is 0.271 e. The van der Waals surface area contributed by atoms with Gasteiger partial charge in [-0.05, 0) is 81.1 Å². The van der Waals surface area contributed by atoms with Crippen molar-refractivity contribution in [1.82, 2.24) is 5.43 Å². The molecule has 0 atom stereocenters. The number of carbonyl (C=O) groups is 1. The highest BCUT2D eigenvalue weighted by atomic mass is 127. The lowest BCUT2D eigenvalue weighted by Crippen LogP contribution is -2.17. The molecule has 0 bridgehead atoms. The van der Waals surface area contributed by atoms with E-state index in [4.69, 9.17) is 4.74 Å². The summed E-state index contributed by atoms with van der Waals surface area (Å²) >= 11 is 4.38. The summed E-state index contributed by atoms with van der Waals surface area (Å²) in [5.41, 5.74) is 3.61. The number of benzene rings is 2. The number of carbonyl (C=O) groups excluding carboxylic acids is 1. The molecule has 5 nitrogen and oxygen atoms in total. The van der Waals surface area contributed by atoms with Crippen LogP contribution in [0.2, 0.25) is 0 Å². The molecular formula is C17H14I2N2O3. The summed E-state index contributed by atoms with van der Waals surface area (Å²) < 4.78 is 7.51. The fraction of sp³-hybridized carbons (Fsp3) is 0.0588. The van der Waals surface area contributed by atoms with Gasteiger partial charge in [0.1, 0.15) is 18.1 Å². The quantitative estimate of drug-likeness (QED) is 0.249. The minimum absolute atomic E-state index is 0.0332. The zero-order valence-corrected chi connectivity index (χ0v) is 16.8. The second-order valence-corrected chi connectivity index (χ2v) is 6.99. The third kappa shape index (κ3) is 5.20. The van der Waals surface area contributed by atoms with Gasteiger partial charge in [-0.1, -0.05) is 18.7 Å². The second kappa shape index (κ2) is 9.02. The summed E-state index contributed by atoms with van der Waals surface area (Å²) in [5.74, 6) is 0.445. The molecule has 0 saturated heterocycles. The first-order chi connectivity index (χ1) is 11.5. The molecule has 0 unspecified atom stereocenters. The van der Waals surface area contributed by atoms with Crippen molar-refractivity contribution in [3.63, 3.8) is 0 Å². The van der Waals surface area contributed by atoms with Gasteiger partial charge in [0, 0.05) is 5.56 Å². The van der Waals surface area contributed by atoms with Gasteiger partial charge in [0.25, 0.3) is 5.91 Å². The highest BCUT2D eigenvalue weighted by molar-refractivity contribution is 14.1. The number of ether oxygens (including phenoxy) is 1. The lowest BCUT2D eigenvalue weighted by molar-refractivity contribution is 0.0954. The SMILES string of the molecule is C=CCOc1c(I)cc(/C=N/NC(=O)c2cccc(O)c2)cc1I. The molecule has 2 rings (SSSR count). The number of hydrogen-bond donors (Lipinski definition) is 2. The molecule has 0 heterocycles. The predicted octanol–water partition coefficient (Wildman–Crippen LogP) is 3.93. The number of halogens is 2. The normalized spacial score (nSPS) is 10.6. The van der Waals surface area contributed by atoms with Gasteiger partial charge in [-0.25, -0.2) is 5.43 Å². The highest BCUT2D eigenvalue weighted by Crippen LogP contribution is 2.28. The van der Waals surface area contributed by atoms with Crippen LogP contribution in [-0.4, -0.2) is 23.8 Å². The van der Waals surface area contributed by atoms with Crippen LogP contribution < -0.4 is 10.2 Å². The molecule has 0 aliphatic carbocycles. The molecule has 7 heteroatoms. The Morgan fingerprint density at radius 3 is 2.62 bits per heavy atom. The highest BCUT2D eigenvalue weighted by Gasteiger charge is 2.08. The van der Waals surface area contributed by atoms with E-state index in [1.54, 1.807) is 24.4 Å². The van der Waals surface area contributed by atoms with Gasteiger partial charge in [-0.2, -0.15) is 5.10 Å². The molecule has 24 heavy (non-hydrogen) atoms. The number of aromatic hydroxyl groups is 1. The second-order valence-electron chi connectivity index (χ2n) is 4.66. The van der Waals surface area contributed by atoms with Crippen molar-refractivity contribution < 1.29 is 14.6 Å². The number of phenols is 1. The summed E-state index contributed by atoms with van der Waals surface area (Å²) in [5, 5.41) is 13.3. The van der Waals surface area contributed by atoms with Crippen LogP contribution in [0.3, 0.4) is 0 Å². The van der Waals surface area contributed by atoms with Crippen LogP contribution in [0.25, 0.3) is 0 Å². The standard InChI is InChI=1S/C17H14I2N2O3/c1-2-6-24-16-14(18)7-11(8-15(16)19)10-20-21-17(23)12-4-3-5-13(22)9-12/h2-5,7-10,22H,1,6H2,(H,21,23)/b20-10+. The topological polar surface area (TPSA) is 70.9 Å². The summed E-state index contributed by atoms with van der Waals surface area (Å²) in [6.45, 7) is 4.08. The van der Waals surface area contributed by atoms with Crippen molar-refractivity contribution in [3.05, 3.63) is 67.3 Å². The van der Waals surface area contributed by atoms with Crippen molar-refractivity contribution in [2.75, 3.05) is 6.61 Å². The van der Waals surface area contributed by atoms with Crippen LogP contribution in [0.1, 0.15) is 15.9 Å². The molecule has 0 aliphatic rings. The lowest BCUT2D eigenvalue weighted by Gasteiger charge is -2.09. The van der Waals surface area contributed by atoms with E-state index in [0.717, 1.165) is 18.5 Å². The van der Waals surface area contributed by atoms with E-state index < -0.39 is 5.91 Å². The van der Waals surface area contributed by atoms with Gasteiger partial charge in [-0.15, -0.1) is 0 Å². The number of phenolic OH excluding ortho intramolecular Hbond substituents is 1. The zero-order chi connectivity index (χ0) is 17.5. The van der Waals surface area contributed by atoms with Crippen molar-refractivity contribution in [3.8, 4) is 11.5 Å². The molecule has 2 aromatic rings. The molecule has 0 aliphatic heterocycles. The maximum atomic E-state index is 11.9. The molecule has 0 aromatic heterocycles. The molecular weight excluding hydrogens is 534 g/mol. The third-order valence-corrected chi connectivity index (χ3v) is 4.46. The first-order valence-corrected chi connectivity index (χ1v) is 9.02. The van der Waals surface area contributed by atoms with Gasteiger partial charge >= 0.3 is 0 Å². The van der Waals surface area contributed by atoms with E-state index in [-0.39, 0.29) is 5.75 Å². The number of nitrogens with zero attached hydrogens (tertiary/aromatic N) is 1. The van der Waals surface area contributed by atoms with E-state index in [1.165, 1.54) is 12.1 Å². The minimum Gasteiger partial charge on any atom is -0.508 e. The molecule has 2 aromatic carbocycles. The molecule has 0 radical (unpaired) electrons. The van der Waals surface area contributed by atoms with Crippen molar-refractivity contribution in [1.29, 1.82) is 0 Å². The number of nitrogens with one attached hydrogen (secondary N) is 1. The van der Waals surface area contributed by atoms with Gasteiger partial charge in [-0.3, -0.25) is 4.79 Å². The fourth-order valence-corrected chi connectivity index (χ4v) is 3.94. The Balaban J connectivity index is 2.06. The summed E-state index contributed by atoms with van der Waals surface area (Å²) in [7, 11) is 0. The molecule has 0 saturated carbocycles. The average molecular weight is 548 g/mol. The van der Waals surface area contributed by atoms with E-state index >= 15 is 0 Å². The molecule has 1 amide bonds. The minimum atomic E-state index is -0.391. The first kappa shape index (κ1) is 18.7. The van der Waals surface area contributed by atoms with Crippen LogP contribution in [0.15, 0.2) is 54.2 Å². The lowest BCUT2D eigenvalue weighted by atomic mass is 10.2. The van der Waals surface area contributed by atoms with Crippen molar-refractivity contribution in [2.24, 2.45) is 5.10 Å². The van der Waals surface area contributed by atoms with Crippen LogP contribution in [0, 0.1) is 7.14 Å². The van der Waals surface area contributed by atoms with E-state index in [2.05, 4.69) is 62.3 Å².